The molecular formula is C14H21N3O2. The first kappa shape index (κ1) is 12.7. The highest BCUT2D eigenvalue weighted by Gasteiger charge is 2.38. The van der Waals surface area contributed by atoms with E-state index in [0.717, 1.165) is 38.4 Å². The number of amides is 1. The van der Waals surface area contributed by atoms with Gasteiger partial charge in [-0.15, -0.1) is 0 Å². The molecule has 3 heterocycles. The topological polar surface area (TPSA) is 46.5 Å². The SMILES string of the molecule is COCCn1cccc1C(=O)N1CC2CNCC2C1. The molecule has 104 valence electrons. The minimum Gasteiger partial charge on any atom is -0.383 e. The van der Waals surface area contributed by atoms with Crippen LogP contribution in [-0.4, -0.2) is 55.3 Å². The second kappa shape index (κ2) is 5.35. The number of nitrogens with zero attached hydrogens (tertiary/aromatic N) is 2. The molecule has 5 heteroatoms. The standard InChI is InChI=1S/C14H21N3O2/c1-19-6-5-16-4-2-3-13(16)14(18)17-9-11-7-15-8-12(11)10-17/h2-4,11-12,15H,5-10H2,1H3. The molecular weight excluding hydrogens is 242 g/mol. The van der Waals surface area contributed by atoms with E-state index < -0.39 is 0 Å². The minimum atomic E-state index is 0.163. The van der Waals surface area contributed by atoms with Gasteiger partial charge in [0, 0.05) is 46.0 Å². The van der Waals surface area contributed by atoms with Gasteiger partial charge in [0.05, 0.1) is 6.61 Å². The van der Waals surface area contributed by atoms with Gasteiger partial charge < -0.3 is 19.5 Å². The van der Waals surface area contributed by atoms with E-state index in [1.807, 2.05) is 27.8 Å². The first-order valence-corrected chi connectivity index (χ1v) is 6.93. The van der Waals surface area contributed by atoms with Crippen molar-refractivity contribution in [3.8, 4) is 0 Å². The average Bonchev–Trinajstić information content (AvgIpc) is 3.09. The van der Waals surface area contributed by atoms with Crippen molar-refractivity contribution in [2.24, 2.45) is 11.8 Å². The Morgan fingerprint density at radius 2 is 2.16 bits per heavy atom. The third kappa shape index (κ3) is 2.40. The number of nitrogens with one attached hydrogen (secondary N) is 1. The average molecular weight is 263 g/mol. The fourth-order valence-corrected chi connectivity index (χ4v) is 3.18. The Labute approximate surface area is 113 Å². The Balaban J connectivity index is 1.69. The van der Waals surface area contributed by atoms with E-state index in [-0.39, 0.29) is 5.91 Å². The number of carbonyl (C=O) groups excluding carboxylic acids is 1. The maximum atomic E-state index is 12.6. The van der Waals surface area contributed by atoms with Crippen LogP contribution in [0.15, 0.2) is 18.3 Å². The van der Waals surface area contributed by atoms with Gasteiger partial charge in [0.15, 0.2) is 0 Å². The van der Waals surface area contributed by atoms with Crippen LogP contribution in [0.1, 0.15) is 10.5 Å². The summed E-state index contributed by atoms with van der Waals surface area (Å²) in [5.41, 5.74) is 0.782. The van der Waals surface area contributed by atoms with Gasteiger partial charge in [-0.1, -0.05) is 0 Å². The number of hydrogen-bond donors (Lipinski definition) is 1. The minimum absolute atomic E-state index is 0.163. The number of aromatic nitrogens is 1. The summed E-state index contributed by atoms with van der Waals surface area (Å²) < 4.78 is 7.07. The second-order valence-electron chi connectivity index (χ2n) is 5.47. The Morgan fingerprint density at radius 3 is 2.84 bits per heavy atom. The highest BCUT2D eigenvalue weighted by atomic mass is 16.5. The molecule has 0 aromatic carbocycles. The van der Waals surface area contributed by atoms with Crippen molar-refractivity contribution in [3.63, 3.8) is 0 Å². The van der Waals surface area contributed by atoms with Gasteiger partial charge in [0.25, 0.3) is 5.91 Å². The molecule has 1 N–H and O–H groups in total. The molecule has 0 bridgehead atoms. The monoisotopic (exact) mass is 263 g/mol. The molecule has 2 fully saturated rings. The summed E-state index contributed by atoms with van der Waals surface area (Å²) in [7, 11) is 1.68. The van der Waals surface area contributed by atoms with Gasteiger partial charge in [-0.2, -0.15) is 0 Å². The van der Waals surface area contributed by atoms with Gasteiger partial charge in [0.1, 0.15) is 5.69 Å². The normalized spacial score (nSPS) is 25.8. The first-order chi connectivity index (χ1) is 9.29. The van der Waals surface area contributed by atoms with E-state index >= 15 is 0 Å². The molecule has 1 aromatic heterocycles. The molecule has 0 aliphatic carbocycles. The zero-order valence-corrected chi connectivity index (χ0v) is 11.3. The molecule has 0 radical (unpaired) electrons. The lowest BCUT2D eigenvalue weighted by Gasteiger charge is -2.18. The number of methoxy groups -OCH3 is 1. The number of fused-ring (bicyclic) bond motifs is 1. The molecule has 1 amide bonds. The lowest BCUT2D eigenvalue weighted by atomic mass is 10.0. The van der Waals surface area contributed by atoms with Crippen LogP contribution in [0.25, 0.3) is 0 Å². The summed E-state index contributed by atoms with van der Waals surface area (Å²) in [6, 6.07) is 3.84. The molecule has 2 unspecified atom stereocenters. The molecule has 3 rings (SSSR count). The quantitative estimate of drug-likeness (QED) is 0.857. The molecule has 2 atom stereocenters. The van der Waals surface area contributed by atoms with Gasteiger partial charge in [-0.05, 0) is 24.0 Å². The number of hydrogen-bond acceptors (Lipinski definition) is 3. The Kier molecular flexibility index (Phi) is 3.57. The molecule has 1 aromatic rings. The first-order valence-electron chi connectivity index (χ1n) is 6.93. The number of likely N-dealkylation sites (tertiary alicyclic amines) is 1. The third-order valence-corrected chi connectivity index (χ3v) is 4.26. The molecule has 2 aliphatic heterocycles. The maximum Gasteiger partial charge on any atom is 0.270 e. The third-order valence-electron chi connectivity index (χ3n) is 4.26. The van der Waals surface area contributed by atoms with E-state index in [0.29, 0.717) is 18.4 Å². The van der Waals surface area contributed by atoms with Crippen LogP contribution in [0.4, 0.5) is 0 Å². The molecule has 0 spiro atoms. The Bertz CT molecular complexity index is 445. The van der Waals surface area contributed by atoms with Crippen LogP contribution in [0.5, 0.6) is 0 Å². The summed E-state index contributed by atoms with van der Waals surface area (Å²) in [6.07, 6.45) is 1.95. The Hall–Kier alpha value is -1.33. The molecule has 19 heavy (non-hydrogen) atoms. The van der Waals surface area contributed by atoms with Crippen molar-refractivity contribution in [2.45, 2.75) is 6.54 Å². The van der Waals surface area contributed by atoms with Crippen LogP contribution in [-0.2, 0) is 11.3 Å². The van der Waals surface area contributed by atoms with E-state index in [1.165, 1.54) is 0 Å². The Morgan fingerprint density at radius 1 is 1.42 bits per heavy atom. The van der Waals surface area contributed by atoms with Crippen LogP contribution in [0.3, 0.4) is 0 Å². The van der Waals surface area contributed by atoms with Gasteiger partial charge in [-0.3, -0.25) is 4.79 Å². The summed E-state index contributed by atoms with van der Waals surface area (Å²) in [4.78, 5) is 14.6. The van der Waals surface area contributed by atoms with Crippen LogP contribution in [0.2, 0.25) is 0 Å². The van der Waals surface area contributed by atoms with Crippen molar-refractivity contribution in [2.75, 3.05) is 39.9 Å². The van der Waals surface area contributed by atoms with E-state index in [4.69, 9.17) is 4.74 Å². The van der Waals surface area contributed by atoms with Gasteiger partial charge in [0.2, 0.25) is 0 Å². The van der Waals surface area contributed by atoms with Crippen LogP contribution < -0.4 is 5.32 Å². The predicted molar refractivity (Wildman–Crippen MR) is 72.1 cm³/mol. The predicted octanol–water partition coefficient (Wildman–Crippen LogP) is 0.426. The van der Waals surface area contributed by atoms with E-state index in [1.54, 1.807) is 7.11 Å². The van der Waals surface area contributed by atoms with Gasteiger partial charge >= 0.3 is 0 Å². The summed E-state index contributed by atoms with van der Waals surface area (Å²) >= 11 is 0. The fourth-order valence-electron chi connectivity index (χ4n) is 3.18. The molecule has 2 aliphatic rings. The summed E-state index contributed by atoms with van der Waals surface area (Å²) in [6.45, 7) is 5.26. The van der Waals surface area contributed by atoms with Crippen LogP contribution >= 0.6 is 0 Å². The maximum absolute atomic E-state index is 12.6. The summed E-state index contributed by atoms with van der Waals surface area (Å²) in [5, 5.41) is 3.40. The smallest absolute Gasteiger partial charge is 0.270 e. The zero-order valence-electron chi connectivity index (χ0n) is 11.3. The lowest BCUT2D eigenvalue weighted by Crippen LogP contribution is -2.33. The molecule has 0 saturated carbocycles. The van der Waals surface area contributed by atoms with Crippen LogP contribution in [0, 0.1) is 11.8 Å². The van der Waals surface area contributed by atoms with Crippen molar-refractivity contribution in [1.29, 1.82) is 0 Å². The molecule has 2 saturated heterocycles. The summed E-state index contributed by atoms with van der Waals surface area (Å²) in [5.74, 6) is 1.45. The number of ether oxygens (including phenoxy) is 1. The van der Waals surface area contributed by atoms with Crippen molar-refractivity contribution in [3.05, 3.63) is 24.0 Å². The van der Waals surface area contributed by atoms with E-state index in [2.05, 4.69) is 5.32 Å². The fraction of sp³-hybridized carbons (Fsp3) is 0.643. The molecule has 5 nitrogen and oxygen atoms in total. The highest BCUT2D eigenvalue weighted by molar-refractivity contribution is 5.93. The second-order valence-corrected chi connectivity index (χ2v) is 5.47. The largest absolute Gasteiger partial charge is 0.383 e. The number of rotatable bonds is 4. The number of carbonyl (C=O) groups is 1. The van der Waals surface area contributed by atoms with E-state index in [9.17, 15) is 4.79 Å². The zero-order chi connectivity index (χ0) is 13.2. The van der Waals surface area contributed by atoms with Crippen molar-refractivity contribution in [1.82, 2.24) is 14.8 Å². The highest BCUT2D eigenvalue weighted by Crippen LogP contribution is 2.27. The van der Waals surface area contributed by atoms with Crippen molar-refractivity contribution < 1.29 is 9.53 Å². The van der Waals surface area contributed by atoms with Crippen molar-refractivity contribution >= 4 is 5.91 Å². The lowest BCUT2D eigenvalue weighted by molar-refractivity contribution is 0.0768. The van der Waals surface area contributed by atoms with Gasteiger partial charge in [-0.25, -0.2) is 0 Å².